The summed E-state index contributed by atoms with van der Waals surface area (Å²) >= 11 is 0. The van der Waals surface area contributed by atoms with E-state index in [1.807, 2.05) is 6.20 Å². The average molecular weight is 797 g/mol. The van der Waals surface area contributed by atoms with Gasteiger partial charge in [0.1, 0.15) is 5.82 Å². The van der Waals surface area contributed by atoms with E-state index in [1.54, 1.807) is 0 Å². The normalized spacial score (nSPS) is 14.3. The van der Waals surface area contributed by atoms with Gasteiger partial charge in [0.05, 0.1) is 11.0 Å². The van der Waals surface area contributed by atoms with Crippen LogP contribution in [0, 0.1) is 13.8 Å². The van der Waals surface area contributed by atoms with E-state index in [0.29, 0.717) is 0 Å². The molecule has 4 heteroatoms. The van der Waals surface area contributed by atoms with Gasteiger partial charge >= 0.3 is 0 Å². The van der Waals surface area contributed by atoms with Crippen LogP contribution in [0.15, 0.2) is 146 Å². The zero-order valence-electron chi connectivity index (χ0n) is 36.9. The van der Waals surface area contributed by atoms with E-state index in [-0.39, 0.29) is 10.8 Å². The lowest BCUT2D eigenvalue weighted by atomic mass is 9.81. The molecule has 0 amide bonds. The van der Waals surface area contributed by atoms with E-state index < -0.39 is 0 Å². The minimum Gasteiger partial charge on any atom is -0.343 e. The van der Waals surface area contributed by atoms with Gasteiger partial charge in [-0.3, -0.25) is 4.68 Å². The van der Waals surface area contributed by atoms with E-state index in [2.05, 4.69) is 204 Å². The number of anilines is 1. The number of aromatic nitrogens is 3. The lowest BCUT2D eigenvalue weighted by Crippen LogP contribution is -2.11. The second kappa shape index (κ2) is 14.7. The number of nitrogens with one attached hydrogen (secondary N) is 1. The predicted molar refractivity (Wildman–Crippen MR) is 258 cm³/mol. The second-order valence-electron chi connectivity index (χ2n) is 19.6. The smallest absolute Gasteiger partial charge is 0.130 e. The highest BCUT2D eigenvalue weighted by Crippen LogP contribution is 2.43. The van der Waals surface area contributed by atoms with Crippen molar-refractivity contribution in [1.82, 2.24) is 14.3 Å². The van der Waals surface area contributed by atoms with Crippen molar-refractivity contribution in [3.05, 3.63) is 190 Å². The Bertz CT molecular complexity index is 3060. The molecular formula is C57H56N4. The summed E-state index contributed by atoms with van der Waals surface area (Å²) in [6.45, 7) is 18.0. The van der Waals surface area contributed by atoms with Crippen LogP contribution in [-0.2, 0) is 23.7 Å². The third-order valence-corrected chi connectivity index (χ3v) is 13.1. The molecule has 61 heavy (non-hydrogen) atoms. The van der Waals surface area contributed by atoms with Crippen LogP contribution in [0.25, 0.3) is 55.2 Å². The molecule has 0 saturated carbocycles. The Morgan fingerprint density at radius 2 is 1.20 bits per heavy atom. The van der Waals surface area contributed by atoms with E-state index >= 15 is 0 Å². The van der Waals surface area contributed by atoms with E-state index in [0.717, 1.165) is 31.5 Å². The summed E-state index contributed by atoms with van der Waals surface area (Å²) in [5, 5.41) is 6.35. The first-order chi connectivity index (χ1) is 29.3. The van der Waals surface area contributed by atoms with Crippen molar-refractivity contribution in [3.8, 4) is 22.3 Å². The number of aryl methyl sites for hydroxylation is 4. The number of pyridine rings is 1. The second-order valence-corrected chi connectivity index (χ2v) is 19.6. The molecule has 1 N–H and O–H groups in total. The van der Waals surface area contributed by atoms with E-state index in [4.69, 9.17) is 4.98 Å². The molecule has 0 unspecified atom stereocenters. The summed E-state index contributed by atoms with van der Waals surface area (Å²) in [7, 11) is 0. The van der Waals surface area contributed by atoms with Gasteiger partial charge in [0.2, 0.25) is 0 Å². The molecule has 4 nitrogen and oxygen atoms in total. The maximum Gasteiger partial charge on any atom is 0.130 e. The van der Waals surface area contributed by atoms with Gasteiger partial charge in [0.25, 0.3) is 0 Å². The molecule has 5 aromatic carbocycles. The van der Waals surface area contributed by atoms with E-state index in [1.165, 1.54) is 105 Å². The molecule has 10 rings (SSSR count). The summed E-state index contributed by atoms with van der Waals surface area (Å²) in [4.78, 5) is 4.70. The number of rotatable bonds is 6. The van der Waals surface area contributed by atoms with Crippen LogP contribution in [0.2, 0.25) is 0 Å². The Morgan fingerprint density at radius 3 is 1.87 bits per heavy atom. The molecule has 0 fully saturated rings. The average Bonchev–Trinajstić information content (AvgIpc) is 3.81. The maximum atomic E-state index is 4.70. The van der Waals surface area contributed by atoms with Crippen molar-refractivity contribution in [2.75, 3.05) is 5.32 Å². The monoisotopic (exact) mass is 796 g/mol. The largest absolute Gasteiger partial charge is 0.343 e. The van der Waals surface area contributed by atoms with Gasteiger partial charge in [-0.25, -0.2) is 9.66 Å². The molecular weight excluding hydrogens is 741 g/mol. The van der Waals surface area contributed by atoms with Gasteiger partial charge in [0.15, 0.2) is 0 Å². The lowest BCUT2D eigenvalue weighted by molar-refractivity contribution is 0.590. The highest BCUT2D eigenvalue weighted by Gasteiger charge is 2.24. The summed E-state index contributed by atoms with van der Waals surface area (Å²) in [6, 6.07) is 43.9. The third-order valence-electron chi connectivity index (χ3n) is 13.1. The molecule has 0 atom stereocenters. The van der Waals surface area contributed by atoms with Crippen molar-refractivity contribution in [1.29, 1.82) is 0 Å². The predicted octanol–water partition coefficient (Wildman–Crippen LogP) is 14.6. The molecule has 8 aromatic rings. The molecule has 0 saturated heterocycles. The van der Waals surface area contributed by atoms with Gasteiger partial charge in [-0.15, -0.1) is 0 Å². The van der Waals surface area contributed by atoms with Gasteiger partial charge in [0, 0.05) is 40.6 Å². The summed E-state index contributed by atoms with van der Waals surface area (Å²) in [5.74, 6) is 0.897. The Labute approximate surface area is 361 Å². The first kappa shape index (κ1) is 38.8. The topological polar surface area (TPSA) is 34.8 Å². The Morgan fingerprint density at radius 1 is 0.541 bits per heavy atom. The van der Waals surface area contributed by atoms with Crippen molar-refractivity contribution in [2.45, 2.75) is 91.9 Å². The van der Waals surface area contributed by atoms with Crippen LogP contribution in [0.5, 0.6) is 0 Å². The van der Waals surface area contributed by atoms with Gasteiger partial charge in [-0.2, -0.15) is 0 Å². The third kappa shape index (κ3) is 7.22. The maximum absolute atomic E-state index is 4.70. The van der Waals surface area contributed by atoms with Crippen LogP contribution in [0.3, 0.4) is 0 Å². The van der Waals surface area contributed by atoms with Crippen molar-refractivity contribution >= 4 is 38.8 Å². The van der Waals surface area contributed by atoms with E-state index in [9.17, 15) is 0 Å². The Balaban J connectivity index is 1.08. The van der Waals surface area contributed by atoms with Gasteiger partial charge in [-0.1, -0.05) is 114 Å². The van der Waals surface area contributed by atoms with Crippen LogP contribution >= 0.6 is 0 Å². The van der Waals surface area contributed by atoms with Crippen LogP contribution < -0.4 is 5.32 Å². The fourth-order valence-electron chi connectivity index (χ4n) is 9.54. The van der Waals surface area contributed by atoms with Crippen LogP contribution in [0.1, 0.15) is 98.9 Å². The van der Waals surface area contributed by atoms with Gasteiger partial charge < -0.3 is 5.32 Å². The zero-order chi connectivity index (χ0) is 42.2. The summed E-state index contributed by atoms with van der Waals surface area (Å²) in [5.41, 5.74) is 22.2. The number of hydrogen-bond acceptors (Lipinski definition) is 2. The molecule has 0 spiro atoms. The highest BCUT2D eigenvalue weighted by atomic mass is 15.4. The zero-order valence-corrected chi connectivity index (χ0v) is 36.9. The first-order valence-electron chi connectivity index (χ1n) is 22.0. The summed E-state index contributed by atoms with van der Waals surface area (Å²) in [6.07, 6.45) is 12.6. The highest BCUT2D eigenvalue weighted by molar-refractivity contribution is 6.11. The molecule has 3 aromatic heterocycles. The number of benzene rings is 5. The number of fused-ring (bicyclic) bond motifs is 6. The fraction of sp³-hybridized carbons (Fsp3) is 0.246. The summed E-state index contributed by atoms with van der Waals surface area (Å²) < 4.78 is 4.66. The Hall–Kier alpha value is -6.39. The fourth-order valence-corrected chi connectivity index (χ4v) is 9.54. The molecule has 0 bridgehead atoms. The quantitative estimate of drug-likeness (QED) is 0.182. The number of allylic oxidation sites excluding steroid dienone is 4. The molecule has 0 radical (unpaired) electrons. The van der Waals surface area contributed by atoms with Crippen molar-refractivity contribution in [2.24, 2.45) is 0 Å². The minimum atomic E-state index is 0.122. The van der Waals surface area contributed by atoms with Gasteiger partial charge in [-0.05, 0) is 171 Å². The number of nitrogens with zero attached hydrogens (tertiary/aromatic N) is 3. The molecule has 0 aliphatic heterocycles. The first-order valence-corrected chi connectivity index (χ1v) is 22.0. The standard InChI is InChI=1S/C57H56N4/c1-36-25-27-58-55(29-36)59-52-23-16-40(38-11-18-45(19-12-38)56(3,4)5)31-49(52)43-15-22-47-42(30-43)9-10-44-33-51-50-32-41(39-13-20-46(21-14-39)57(6,7)8)17-24-53(50)61(54(51)34-48(44)47)60-28-26-37(2)35-60/h11-15,17-22,24-35H,9-10,16,23H2,1-8H3,(H,58,59). The molecule has 3 heterocycles. The molecule has 2 aliphatic rings. The lowest BCUT2D eigenvalue weighted by Gasteiger charge is -2.25. The Kier molecular flexibility index (Phi) is 9.32. The van der Waals surface area contributed by atoms with Crippen molar-refractivity contribution in [3.63, 3.8) is 0 Å². The number of hydrogen-bond donors (Lipinski definition) is 1. The minimum absolute atomic E-state index is 0.122. The van der Waals surface area contributed by atoms with Crippen LogP contribution in [-0.4, -0.2) is 14.3 Å². The van der Waals surface area contributed by atoms with Crippen LogP contribution in [0.4, 0.5) is 5.82 Å². The SMILES string of the molecule is Cc1ccnc(NC2=C(c3ccc4c(c3)CCc3cc5c6cc(-c7ccc(C(C)(C)C)cc7)ccc6n(-n6ccc(C)c6)c5cc3-4)C=C(c3ccc(C(C)(C)C)cc3)CC2)c1. The molecule has 2 aliphatic carbocycles. The molecule has 304 valence electrons. The van der Waals surface area contributed by atoms with Crippen molar-refractivity contribution < 1.29 is 0 Å².